The summed E-state index contributed by atoms with van der Waals surface area (Å²) in [6, 6.07) is 10.5. The zero-order chi connectivity index (χ0) is 22.6. The van der Waals surface area contributed by atoms with Crippen molar-refractivity contribution >= 4 is 18.2 Å². The van der Waals surface area contributed by atoms with Crippen LogP contribution in [0, 0.1) is 5.92 Å². The molecule has 168 valence electrons. The molecule has 1 aromatic heterocycles. The highest BCUT2D eigenvalue weighted by molar-refractivity contribution is 5.92. The lowest BCUT2D eigenvalue weighted by Crippen LogP contribution is -2.42. The molecular formula is C22H29N3O6. The Kier molecular flexibility index (Phi) is 9.57. The van der Waals surface area contributed by atoms with Crippen molar-refractivity contribution in [1.82, 2.24) is 15.7 Å². The van der Waals surface area contributed by atoms with Crippen molar-refractivity contribution in [2.45, 2.75) is 32.6 Å². The first-order valence-electron chi connectivity index (χ1n) is 10.2. The lowest BCUT2D eigenvalue weighted by molar-refractivity contribution is -0.154. The van der Waals surface area contributed by atoms with Gasteiger partial charge in [0.25, 0.3) is 5.91 Å². The van der Waals surface area contributed by atoms with Crippen LogP contribution in [0.4, 0.5) is 0 Å². The zero-order valence-corrected chi connectivity index (χ0v) is 17.8. The molecule has 2 aromatic rings. The molecule has 1 aromatic carbocycles. The van der Waals surface area contributed by atoms with E-state index in [9.17, 15) is 19.6 Å². The molecule has 0 aliphatic carbocycles. The molecule has 0 radical (unpaired) electrons. The van der Waals surface area contributed by atoms with Gasteiger partial charge in [0, 0.05) is 5.56 Å². The predicted molar refractivity (Wildman–Crippen MR) is 113 cm³/mol. The average molecular weight is 431 g/mol. The first-order chi connectivity index (χ1) is 15.0. The Morgan fingerprint density at radius 3 is 2.74 bits per heavy atom. The third-order valence-electron chi connectivity index (χ3n) is 4.75. The molecule has 9 nitrogen and oxygen atoms in total. The Morgan fingerprint density at radius 1 is 1.23 bits per heavy atom. The van der Waals surface area contributed by atoms with Gasteiger partial charge in [-0.15, -0.1) is 0 Å². The smallest absolute Gasteiger partial charge is 0.288 e. The Hall–Kier alpha value is -3.33. The molecular weight excluding hydrogens is 402 g/mol. The molecule has 1 unspecified atom stereocenters. The van der Waals surface area contributed by atoms with Crippen molar-refractivity contribution in [3.8, 4) is 17.1 Å². The summed E-state index contributed by atoms with van der Waals surface area (Å²) in [5.41, 5.74) is 0.769. The second kappa shape index (κ2) is 12.4. The molecule has 1 heterocycles. The van der Waals surface area contributed by atoms with Crippen LogP contribution in [0.3, 0.4) is 0 Å². The summed E-state index contributed by atoms with van der Waals surface area (Å²) in [5.74, 6) is -0.105. The number of hydrogen-bond donors (Lipinski definition) is 3. The summed E-state index contributed by atoms with van der Waals surface area (Å²) in [7, 11) is 1.57. The van der Waals surface area contributed by atoms with E-state index in [1.807, 2.05) is 25.1 Å². The van der Waals surface area contributed by atoms with E-state index in [0.717, 1.165) is 24.8 Å². The summed E-state index contributed by atoms with van der Waals surface area (Å²) >= 11 is 0. The quantitative estimate of drug-likeness (QED) is 0.147. The van der Waals surface area contributed by atoms with Gasteiger partial charge in [0.1, 0.15) is 11.5 Å². The van der Waals surface area contributed by atoms with Crippen LogP contribution >= 0.6 is 0 Å². The number of amides is 3. The predicted octanol–water partition coefficient (Wildman–Crippen LogP) is 2.80. The first kappa shape index (κ1) is 23.9. The highest BCUT2D eigenvalue weighted by Crippen LogP contribution is 2.25. The van der Waals surface area contributed by atoms with E-state index in [0.29, 0.717) is 23.0 Å². The molecule has 0 saturated heterocycles. The lowest BCUT2D eigenvalue weighted by atomic mass is 10.0. The second-order valence-corrected chi connectivity index (χ2v) is 7.04. The highest BCUT2D eigenvalue weighted by atomic mass is 16.5. The van der Waals surface area contributed by atoms with Crippen LogP contribution in [0.2, 0.25) is 0 Å². The minimum absolute atomic E-state index is 0.102. The number of unbranched alkanes of at least 4 members (excludes halogenated alkanes) is 2. The third kappa shape index (κ3) is 7.45. The van der Waals surface area contributed by atoms with Crippen molar-refractivity contribution < 1.29 is 28.7 Å². The first-order valence-corrected chi connectivity index (χ1v) is 10.2. The fourth-order valence-corrected chi connectivity index (χ4v) is 3.05. The fraction of sp³-hybridized carbons (Fsp3) is 0.409. The van der Waals surface area contributed by atoms with Gasteiger partial charge < -0.3 is 19.8 Å². The van der Waals surface area contributed by atoms with Crippen molar-refractivity contribution in [2.75, 3.05) is 20.3 Å². The van der Waals surface area contributed by atoms with Gasteiger partial charge >= 0.3 is 0 Å². The van der Waals surface area contributed by atoms with Gasteiger partial charge in [-0.1, -0.05) is 38.3 Å². The molecule has 9 heteroatoms. The Bertz CT molecular complexity index is 866. The summed E-state index contributed by atoms with van der Waals surface area (Å²) in [5, 5.41) is 15.1. The number of nitrogens with zero attached hydrogens (tertiary/aromatic N) is 1. The standard InChI is InChI=1S/C22H29N3O6/c1-3-4-5-7-17(13-25(29)15-26)21(27)23-14-24-22(28)20-11-10-19(31-20)16-8-6-9-18(12-16)30-2/h6,8-12,15,17,29H,3-5,7,13-14H2,1-2H3,(H,23,27)(H,24,28). The molecule has 3 amide bonds. The van der Waals surface area contributed by atoms with Crippen molar-refractivity contribution in [3.63, 3.8) is 0 Å². The summed E-state index contributed by atoms with van der Waals surface area (Å²) in [4.78, 5) is 35.4. The van der Waals surface area contributed by atoms with Crippen LogP contribution in [-0.2, 0) is 9.59 Å². The maximum atomic E-state index is 12.4. The monoisotopic (exact) mass is 431 g/mol. The number of carbonyl (C=O) groups excluding carboxylic acids is 3. The Morgan fingerprint density at radius 2 is 2.03 bits per heavy atom. The topological polar surface area (TPSA) is 121 Å². The van der Waals surface area contributed by atoms with E-state index >= 15 is 0 Å². The van der Waals surface area contributed by atoms with Crippen molar-refractivity contribution in [2.24, 2.45) is 5.92 Å². The van der Waals surface area contributed by atoms with Gasteiger partial charge in [-0.05, 0) is 30.7 Å². The van der Waals surface area contributed by atoms with E-state index in [1.54, 1.807) is 25.3 Å². The Labute approximate surface area is 181 Å². The van der Waals surface area contributed by atoms with E-state index in [-0.39, 0.29) is 31.3 Å². The van der Waals surface area contributed by atoms with Gasteiger partial charge in [0.05, 0.1) is 26.2 Å². The summed E-state index contributed by atoms with van der Waals surface area (Å²) in [6.45, 7) is 1.83. The molecule has 0 saturated carbocycles. The van der Waals surface area contributed by atoms with E-state index in [2.05, 4.69) is 10.6 Å². The normalized spacial score (nSPS) is 11.5. The largest absolute Gasteiger partial charge is 0.497 e. The number of rotatable bonds is 13. The third-order valence-corrected chi connectivity index (χ3v) is 4.75. The number of ether oxygens (including phenoxy) is 1. The number of benzene rings is 1. The molecule has 0 fully saturated rings. The highest BCUT2D eigenvalue weighted by Gasteiger charge is 2.21. The van der Waals surface area contributed by atoms with Gasteiger partial charge in [-0.2, -0.15) is 0 Å². The fourth-order valence-electron chi connectivity index (χ4n) is 3.05. The van der Waals surface area contributed by atoms with Crippen molar-refractivity contribution in [1.29, 1.82) is 0 Å². The molecule has 31 heavy (non-hydrogen) atoms. The van der Waals surface area contributed by atoms with Gasteiger partial charge in [0.15, 0.2) is 5.76 Å². The minimum Gasteiger partial charge on any atom is -0.497 e. The molecule has 1 atom stereocenters. The van der Waals surface area contributed by atoms with E-state index < -0.39 is 11.8 Å². The van der Waals surface area contributed by atoms with Crippen LogP contribution in [0.15, 0.2) is 40.8 Å². The summed E-state index contributed by atoms with van der Waals surface area (Å²) in [6.07, 6.45) is 3.52. The van der Waals surface area contributed by atoms with Gasteiger partial charge in [0.2, 0.25) is 12.3 Å². The number of carbonyl (C=O) groups is 3. The Balaban J connectivity index is 1.89. The minimum atomic E-state index is -0.568. The van der Waals surface area contributed by atoms with E-state index in [4.69, 9.17) is 9.15 Å². The maximum Gasteiger partial charge on any atom is 0.288 e. The molecule has 0 spiro atoms. The summed E-state index contributed by atoms with van der Waals surface area (Å²) < 4.78 is 10.8. The molecule has 2 rings (SSSR count). The maximum absolute atomic E-state index is 12.4. The zero-order valence-electron chi connectivity index (χ0n) is 17.8. The number of methoxy groups -OCH3 is 1. The second-order valence-electron chi connectivity index (χ2n) is 7.04. The van der Waals surface area contributed by atoms with Crippen LogP contribution < -0.4 is 15.4 Å². The number of hydroxylamine groups is 2. The van der Waals surface area contributed by atoms with Crippen LogP contribution in [0.5, 0.6) is 5.75 Å². The molecule has 3 N–H and O–H groups in total. The number of furan rings is 1. The number of hydrogen-bond acceptors (Lipinski definition) is 6. The average Bonchev–Trinajstić information content (AvgIpc) is 3.28. The van der Waals surface area contributed by atoms with Crippen molar-refractivity contribution in [3.05, 3.63) is 42.2 Å². The number of nitrogens with one attached hydrogen (secondary N) is 2. The van der Waals surface area contributed by atoms with E-state index in [1.165, 1.54) is 0 Å². The molecule has 0 aliphatic heterocycles. The van der Waals surface area contributed by atoms with Crippen LogP contribution in [-0.4, -0.2) is 48.8 Å². The molecule has 0 aliphatic rings. The SMILES string of the molecule is CCCCCC(CN(O)C=O)C(=O)NCNC(=O)c1ccc(-c2cccc(OC)c2)o1. The van der Waals surface area contributed by atoms with Gasteiger partial charge in [-0.3, -0.25) is 19.6 Å². The van der Waals surface area contributed by atoms with Crippen LogP contribution in [0.1, 0.15) is 43.2 Å². The van der Waals surface area contributed by atoms with Gasteiger partial charge in [-0.25, -0.2) is 5.06 Å². The molecule has 0 bridgehead atoms. The van der Waals surface area contributed by atoms with Crippen LogP contribution in [0.25, 0.3) is 11.3 Å². The lowest BCUT2D eigenvalue weighted by Gasteiger charge is -2.19.